The molecule has 0 radical (unpaired) electrons. The number of halogens is 1. The molecular weight excluding hydrogens is 200 g/mol. The Kier molecular flexibility index (Phi) is 5.97. The molecule has 0 saturated carbocycles. The molecule has 0 aliphatic heterocycles. The third-order valence-corrected chi connectivity index (χ3v) is 3.71. The minimum absolute atomic E-state index is 0.322. The number of hydrogen-bond donors (Lipinski definition) is 0. The molecule has 1 aliphatic carbocycles. The van der Waals surface area contributed by atoms with E-state index in [4.69, 9.17) is 11.6 Å². The summed E-state index contributed by atoms with van der Waals surface area (Å²) in [6.07, 6.45) is 8.64. The average Bonchev–Trinajstić information content (AvgIpc) is 2.13. The van der Waals surface area contributed by atoms with Gasteiger partial charge in [0.25, 0.3) is 0 Å². The molecule has 1 rings (SSSR count). The lowest BCUT2D eigenvalue weighted by atomic mass is 9.96. The Morgan fingerprint density at radius 1 is 1.62 bits per heavy atom. The zero-order valence-electron chi connectivity index (χ0n) is 8.39. The lowest BCUT2D eigenvalue weighted by Gasteiger charge is -2.16. The maximum atomic E-state index is 6.07. The largest absolute Gasteiger partial charge is 0.162 e. The van der Waals surface area contributed by atoms with E-state index >= 15 is 0 Å². The van der Waals surface area contributed by atoms with Gasteiger partial charge in [0.15, 0.2) is 0 Å². The maximum Gasteiger partial charge on any atom is 0.0518 e. The highest BCUT2D eigenvalue weighted by atomic mass is 35.5. The van der Waals surface area contributed by atoms with Gasteiger partial charge in [0, 0.05) is 0 Å². The van der Waals surface area contributed by atoms with Crippen molar-refractivity contribution in [3.8, 4) is 0 Å². The molecule has 76 valence electrons. The fourth-order valence-corrected chi connectivity index (χ4v) is 2.67. The molecule has 0 aromatic rings. The van der Waals surface area contributed by atoms with Crippen LogP contribution in [0.2, 0.25) is 0 Å². The lowest BCUT2D eigenvalue weighted by molar-refractivity contribution is 0.675. The molecule has 13 heavy (non-hydrogen) atoms. The van der Waals surface area contributed by atoms with Crippen molar-refractivity contribution < 1.29 is 0 Å². The molecule has 1 unspecified atom stereocenters. The van der Waals surface area contributed by atoms with Crippen LogP contribution in [0.1, 0.15) is 39.0 Å². The molecule has 2 heteroatoms. The summed E-state index contributed by atoms with van der Waals surface area (Å²) in [5.74, 6) is 2.55. The zero-order valence-corrected chi connectivity index (χ0v) is 9.96. The van der Waals surface area contributed by atoms with Gasteiger partial charge in [0.2, 0.25) is 0 Å². The van der Waals surface area contributed by atoms with Crippen LogP contribution in [0.15, 0.2) is 11.6 Å². The van der Waals surface area contributed by atoms with E-state index in [1.807, 2.05) is 11.8 Å². The smallest absolute Gasteiger partial charge is 0.0518 e. The van der Waals surface area contributed by atoms with E-state index in [0.717, 1.165) is 0 Å². The van der Waals surface area contributed by atoms with E-state index in [1.54, 1.807) is 5.57 Å². The van der Waals surface area contributed by atoms with Crippen LogP contribution in [0, 0.1) is 0 Å². The fraction of sp³-hybridized carbons (Fsp3) is 0.818. The first-order chi connectivity index (χ1) is 6.33. The standard InChI is InChI=1S/C11H19ClS/c1-2-13-8-4-6-10-5-3-7-11(12)9-10/h9,11H,2-8H2,1H3. The van der Waals surface area contributed by atoms with E-state index < -0.39 is 0 Å². The summed E-state index contributed by atoms with van der Waals surface area (Å²) in [6.45, 7) is 2.22. The van der Waals surface area contributed by atoms with E-state index in [1.165, 1.54) is 43.6 Å². The molecule has 0 aromatic carbocycles. The van der Waals surface area contributed by atoms with Gasteiger partial charge in [-0.1, -0.05) is 18.6 Å². The summed E-state index contributed by atoms with van der Waals surface area (Å²) >= 11 is 8.11. The van der Waals surface area contributed by atoms with Crippen molar-refractivity contribution in [1.82, 2.24) is 0 Å². The molecule has 0 fully saturated rings. The highest BCUT2D eigenvalue weighted by Gasteiger charge is 2.10. The first-order valence-corrected chi connectivity index (χ1v) is 6.83. The summed E-state index contributed by atoms with van der Waals surface area (Å²) in [5, 5.41) is 0.322. The highest BCUT2D eigenvalue weighted by molar-refractivity contribution is 7.99. The molecule has 0 heterocycles. The zero-order chi connectivity index (χ0) is 9.52. The fourth-order valence-electron chi connectivity index (χ4n) is 1.70. The van der Waals surface area contributed by atoms with Crippen LogP contribution in [0.5, 0.6) is 0 Å². The quantitative estimate of drug-likeness (QED) is 0.378. The van der Waals surface area contributed by atoms with Crippen LogP contribution < -0.4 is 0 Å². The minimum atomic E-state index is 0.322. The van der Waals surface area contributed by atoms with Crippen LogP contribution in [0.3, 0.4) is 0 Å². The van der Waals surface area contributed by atoms with Crippen molar-refractivity contribution in [3.63, 3.8) is 0 Å². The van der Waals surface area contributed by atoms with Gasteiger partial charge in [0.1, 0.15) is 0 Å². The summed E-state index contributed by atoms with van der Waals surface area (Å²) in [6, 6.07) is 0. The van der Waals surface area contributed by atoms with Gasteiger partial charge < -0.3 is 0 Å². The molecule has 0 aromatic heterocycles. The summed E-state index contributed by atoms with van der Waals surface area (Å²) < 4.78 is 0. The van der Waals surface area contributed by atoms with Crippen molar-refractivity contribution in [2.75, 3.05) is 11.5 Å². The van der Waals surface area contributed by atoms with E-state index in [-0.39, 0.29) is 0 Å². The first-order valence-electron chi connectivity index (χ1n) is 5.24. The number of allylic oxidation sites excluding steroid dienone is 2. The predicted octanol–water partition coefficient (Wildman–Crippen LogP) is 4.24. The van der Waals surface area contributed by atoms with Gasteiger partial charge in [-0.15, -0.1) is 11.6 Å². The Morgan fingerprint density at radius 3 is 3.15 bits per heavy atom. The maximum absolute atomic E-state index is 6.07. The Morgan fingerprint density at radius 2 is 2.46 bits per heavy atom. The molecule has 0 saturated heterocycles. The summed E-state index contributed by atoms with van der Waals surface area (Å²) in [4.78, 5) is 0. The monoisotopic (exact) mass is 218 g/mol. The van der Waals surface area contributed by atoms with Gasteiger partial charge in [-0.05, 0) is 43.6 Å². The van der Waals surface area contributed by atoms with Crippen LogP contribution in [0.4, 0.5) is 0 Å². The topological polar surface area (TPSA) is 0 Å². The number of alkyl halides is 1. The average molecular weight is 219 g/mol. The van der Waals surface area contributed by atoms with Gasteiger partial charge in [0.05, 0.1) is 5.38 Å². The molecule has 0 nitrogen and oxygen atoms in total. The number of thioether (sulfide) groups is 1. The SMILES string of the molecule is CCSCCCC1=CC(Cl)CCC1. The van der Waals surface area contributed by atoms with Crippen molar-refractivity contribution in [2.24, 2.45) is 0 Å². The van der Waals surface area contributed by atoms with E-state index in [0.29, 0.717) is 5.38 Å². The molecular formula is C11H19ClS. The van der Waals surface area contributed by atoms with Crippen molar-refractivity contribution >= 4 is 23.4 Å². The van der Waals surface area contributed by atoms with Crippen molar-refractivity contribution in [3.05, 3.63) is 11.6 Å². The molecule has 0 bridgehead atoms. The molecule has 0 spiro atoms. The second-order valence-corrected chi connectivity index (χ2v) is 5.49. The molecule has 1 aliphatic rings. The van der Waals surface area contributed by atoms with Gasteiger partial charge in [-0.2, -0.15) is 11.8 Å². The Hall–Kier alpha value is 0.380. The highest BCUT2D eigenvalue weighted by Crippen LogP contribution is 2.25. The normalized spacial score (nSPS) is 22.9. The van der Waals surface area contributed by atoms with Crippen LogP contribution in [-0.2, 0) is 0 Å². The van der Waals surface area contributed by atoms with Gasteiger partial charge >= 0.3 is 0 Å². The van der Waals surface area contributed by atoms with E-state index in [9.17, 15) is 0 Å². The Bertz CT molecular complexity index is 165. The predicted molar refractivity (Wildman–Crippen MR) is 63.8 cm³/mol. The first kappa shape index (κ1) is 11.5. The van der Waals surface area contributed by atoms with Crippen molar-refractivity contribution in [1.29, 1.82) is 0 Å². The van der Waals surface area contributed by atoms with Gasteiger partial charge in [-0.3, -0.25) is 0 Å². The third-order valence-electron chi connectivity index (χ3n) is 2.39. The Balaban J connectivity index is 2.13. The summed E-state index contributed by atoms with van der Waals surface area (Å²) in [7, 11) is 0. The molecule has 0 amide bonds. The summed E-state index contributed by atoms with van der Waals surface area (Å²) in [5.41, 5.74) is 1.60. The molecule has 0 N–H and O–H groups in total. The number of rotatable bonds is 5. The third kappa shape index (κ3) is 4.97. The number of hydrogen-bond acceptors (Lipinski definition) is 1. The van der Waals surface area contributed by atoms with Crippen LogP contribution in [0.25, 0.3) is 0 Å². The van der Waals surface area contributed by atoms with Crippen LogP contribution in [-0.4, -0.2) is 16.9 Å². The van der Waals surface area contributed by atoms with Gasteiger partial charge in [-0.25, -0.2) is 0 Å². The van der Waals surface area contributed by atoms with Crippen LogP contribution >= 0.6 is 23.4 Å². The van der Waals surface area contributed by atoms with E-state index in [2.05, 4.69) is 13.0 Å². The molecule has 1 atom stereocenters. The van der Waals surface area contributed by atoms with Crippen molar-refractivity contribution in [2.45, 2.75) is 44.4 Å². The minimum Gasteiger partial charge on any atom is -0.162 e. The second kappa shape index (κ2) is 6.78. The lowest BCUT2D eigenvalue weighted by Crippen LogP contribution is -2.03. The second-order valence-electron chi connectivity index (χ2n) is 3.53. The Labute approximate surface area is 91.1 Å².